The quantitative estimate of drug-likeness (QED) is 0.681. The standard InChI is InChI=1S/C13H27NO4/c1-11(2)10-17-12(15)14-6-7-16-8-9-18-13(3,4)5/h11H,6-10H2,1-5H3,(H,14,15). The van der Waals surface area contributed by atoms with Crippen molar-refractivity contribution in [2.45, 2.75) is 40.2 Å². The Kier molecular flexibility index (Phi) is 8.75. The number of hydrogen-bond acceptors (Lipinski definition) is 4. The maximum Gasteiger partial charge on any atom is 0.407 e. The summed E-state index contributed by atoms with van der Waals surface area (Å²) in [5.41, 5.74) is -0.137. The van der Waals surface area contributed by atoms with Gasteiger partial charge in [0, 0.05) is 6.54 Å². The second-order valence-electron chi connectivity index (χ2n) is 5.49. The molecule has 18 heavy (non-hydrogen) atoms. The van der Waals surface area contributed by atoms with Crippen molar-refractivity contribution in [2.75, 3.05) is 33.0 Å². The molecule has 0 aromatic heterocycles. The number of nitrogens with one attached hydrogen (secondary N) is 1. The first-order chi connectivity index (χ1) is 8.31. The molecule has 0 rings (SSSR count). The molecular formula is C13H27NO4. The van der Waals surface area contributed by atoms with Crippen molar-refractivity contribution < 1.29 is 19.0 Å². The van der Waals surface area contributed by atoms with Crippen LogP contribution in [-0.2, 0) is 14.2 Å². The van der Waals surface area contributed by atoms with Crippen molar-refractivity contribution in [2.24, 2.45) is 5.92 Å². The van der Waals surface area contributed by atoms with Gasteiger partial charge in [0.25, 0.3) is 0 Å². The fourth-order valence-electron chi connectivity index (χ4n) is 1.03. The maximum atomic E-state index is 11.2. The molecule has 1 amide bonds. The number of carbonyl (C=O) groups excluding carboxylic acids is 1. The van der Waals surface area contributed by atoms with Crippen LogP contribution < -0.4 is 5.32 Å². The summed E-state index contributed by atoms with van der Waals surface area (Å²) in [6.45, 7) is 12.4. The Morgan fingerprint density at radius 2 is 1.83 bits per heavy atom. The third-order valence-corrected chi connectivity index (χ3v) is 1.83. The summed E-state index contributed by atoms with van der Waals surface area (Å²) >= 11 is 0. The van der Waals surface area contributed by atoms with Crippen LogP contribution in [0.15, 0.2) is 0 Å². The zero-order chi connectivity index (χ0) is 14.0. The molecule has 0 saturated heterocycles. The Morgan fingerprint density at radius 3 is 2.39 bits per heavy atom. The molecule has 0 aromatic carbocycles. The van der Waals surface area contributed by atoms with E-state index in [0.29, 0.717) is 38.9 Å². The molecule has 0 fully saturated rings. The second kappa shape index (κ2) is 9.16. The highest BCUT2D eigenvalue weighted by atomic mass is 16.6. The lowest BCUT2D eigenvalue weighted by Gasteiger charge is -2.19. The van der Waals surface area contributed by atoms with Crippen molar-refractivity contribution in [3.05, 3.63) is 0 Å². The van der Waals surface area contributed by atoms with Gasteiger partial charge in [0.1, 0.15) is 0 Å². The van der Waals surface area contributed by atoms with Crippen LogP contribution in [0.25, 0.3) is 0 Å². The molecule has 5 heteroatoms. The van der Waals surface area contributed by atoms with E-state index in [2.05, 4.69) is 5.32 Å². The van der Waals surface area contributed by atoms with E-state index < -0.39 is 6.09 Å². The van der Waals surface area contributed by atoms with E-state index in [9.17, 15) is 4.79 Å². The lowest BCUT2D eigenvalue weighted by Crippen LogP contribution is -2.29. The lowest BCUT2D eigenvalue weighted by molar-refractivity contribution is -0.0342. The summed E-state index contributed by atoms with van der Waals surface area (Å²) in [5.74, 6) is 0.349. The Balaban J connectivity index is 3.28. The summed E-state index contributed by atoms with van der Waals surface area (Å²) < 4.78 is 15.7. The van der Waals surface area contributed by atoms with Crippen molar-refractivity contribution >= 4 is 6.09 Å². The molecule has 0 bridgehead atoms. The van der Waals surface area contributed by atoms with E-state index in [1.54, 1.807) is 0 Å². The highest BCUT2D eigenvalue weighted by molar-refractivity contribution is 5.67. The molecule has 0 unspecified atom stereocenters. The minimum absolute atomic E-state index is 0.137. The van der Waals surface area contributed by atoms with Crippen molar-refractivity contribution in [1.29, 1.82) is 0 Å². The van der Waals surface area contributed by atoms with E-state index in [0.717, 1.165) is 0 Å². The topological polar surface area (TPSA) is 56.8 Å². The predicted octanol–water partition coefficient (Wildman–Crippen LogP) is 2.20. The molecular weight excluding hydrogens is 234 g/mol. The maximum absolute atomic E-state index is 11.2. The second-order valence-corrected chi connectivity index (χ2v) is 5.49. The Morgan fingerprint density at radius 1 is 1.17 bits per heavy atom. The monoisotopic (exact) mass is 261 g/mol. The molecule has 0 radical (unpaired) electrons. The van der Waals surface area contributed by atoms with Gasteiger partial charge in [-0.3, -0.25) is 0 Å². The van der Waals surface area contributed by atoms with E-state index in [4.69, 9.17) is 14.2 Å². The smallest absolute Gasteiger partial charge is 0.407 e. The summed E-state index contributed by atoms with van der Waals surface area (Å²) in [7, 11) is 0. The fraction of sp³-hybridized carbons (Fsp3) is 0.923. The van der Waals surface area contributed by atoms with Gasteiger partial charge in [-0.1, -0.05) is 13.8 Å². The van der Waals surface area contributed by atoms with Crippen LogP contribution in [-0.4, -0.2) is 44.7 Å². The average molecular weight is 261 g/mol. The molecule has 0 aliphatic heterocycles. The SMILES string of the molecule is CC(C)COC(=O)NCCOCCOC(C)(C)C. The molecule has 0 aromatic rings. The van der Waals surface area contributed by atoms with Crippen LogP contribution in [0.2, 0.25) is 0 Å². The van der Waals surface area contributed by atoms with Gasteiger partial charge in [-0.25, -0.2) is 4.79 Å². The van der Waals surface area contributed by atoms with Crippen molar-refractivity contribution in [3.63, 3.8) is 0 Å². The van der Waals surface area contributed by atoms with Gasteiger partial charge in [0.15, 0.2) is 0 Å². The van der Waals surface area contributed by atoms with Crippen LogP contribution in [0.1, 0.15) is 34.6 Å². The first-order valence-corrected chi connectivity index (χ1v) is 6.43. The third-order valence-electron chi connectivity index (χ3n) is 1.83. The Bertz CT molecular complexity index is 224. The molecule has 1 N–H and O–H groups in total. The zero-order valence-electron chi connectivity index (χ0n) is 12.2. The van der Waals surface area contributed by atoms with E-state index in [1.807, 2.05) is 34.6 Å². The molecule has 108 valence electrons. The van der Waals surface area contributed by atoms with Gasteiger partial charge in [-0.05, 0) is 26.7 Å². The number of carbonyl (C=O) groups is 1. The Hall–Kier alpha value is -0.810. The van der Waals surface area contributed by atoms with Crippen LogP contribution in [0.5, 0.6) is 0 Å². The van der Waals surface area contributed by atoms with Gasteiger partial charge in [0.2, 0.25) is 0 Å². The molecule has 0 heterocycles. The van der Waals surface area contributed by atoms with Gasteiger partial charge in [-0.2, -0.15) is 0 Å². The molecule has 0 spiro atoms. The summed E-state index contributed by atoms with van der Waals surface area (Å²) in [4.78, 5) is 11.2. The van der Waals surface area contributed by atoms with Crippen LogP contribution in [0, 0.1) is 5.92 Å². The lowest BCUT2D eigenvalue weighted by atomic mass is 10.2. The first kappa shape index (κ1) is 17.2. The number of alkyl carbamates (subject to hydrolysis) is 1. The molecule has 5 nitrogen and oxygen atoms in total. The van der Waals surface area contributed by atoms with Gasteiger partial charge in [-0.15, -0.1) is 0 Å². The average Bonchev–Trinajstić information content (AvgIpc) is 2.23. The molecule has 0 saturated carbocycles. The van der Waals surface area contributed by atoms with Gasteiger partial charge < -0.3 is 19.5 Å². The number of hydrogen-bond donors (Lipinski definition) is 1. The van der Waals surface area contributed by atoms with Crippen molar-refractivity contribution in [3.8, 4) is 0 Å². The molecule has 0 aliphatic rings. The van der Waals surface area contributed by atoms with Crippen molar-refractivity contribution in [1.82, 2.24) is 5.32 Å². The number of rotatable bonds is 8. The minimum atomic E-state index is -0.391. The van der Waals surface area contributed by atoms with Gasteiger partial charge in [0.05, 0.1) is 32.0 Å². The van der Waals surface area contributed by atoms with Gasteiger partial charge >= 0.3 is 6.09 Å². The van der Waals surface area contributed by atoms with E-state index in [-0.39, 0.29) is 5.60 Å². The minimum Gasteiger partial charge on any atom is -0.449 e. The van der Waals surface area contributed by atoms with E-state index >= 15 is 0 Å². The van der Waals surface area contributed by atoms with E-state index in [1.165, 1.54) is 0 Å². The highest BCUT2D eigenvalue weighted by Gasteiger charge is 2.08. The highest BCUT2D eigenvalue weighted by Crippen LogP contribution is 2.05. The summed E-state index contributed by atoms with van der Waals surface area (Å²) in [5, 5.41) is 2.62. The summed E-state index contributed by atoms with van der Waals surface area (Å²) in [6.07, 6.45) is -0.391. The Labute approximate surface area is 110 Å². The van der Waals surface area contributed by atoms with Crippen LogP contribution >= 0.6 is 0 Å². The normalized spacial score (nSPS) is 11.7. The molecule has 0 atom stereocenters. The number of ether oxygens (including phenoxy) is 3. The zero-order valence-corrected chi connectivity index (χ0v) is 12.2. The molecule has 0 aliphatic carbocycles. The predicted molar refractivity (Wildman–Crippen MR) is 70.7 cm³/mol. The summed E-state index contributed by atoms with van der Waals surface area (Å²) in [6, 6.07) is 0. The first-order valence-electron chi connectivity index (χ1n) is 6.43. The van der Waals surface area contributed by atoms with Crippen LogP contribution in [0.3, 0.4) is 0 Å². The number of amides is 1. The fourth-order valence-corrected chi connectivity index (χ4v) is 1.03. The largest absolute Gasteiger partial charge is 0.449 e. The van der Waals surface area contributed by atoms with Crippen LogP contribution in [0.4, 0.5) is 4.79 Å². The third kappa shape index (κ3) is 13.3.